The number of rotatable bonds is 5. The van der Waals surface area contributed by atoms with Crippen LogP contribution in [0, 0.1) is 6.92 Å². The van der Waals surface area contributed by atoms with Crippen LogP contribution >= 0.6 is 0 Å². The van der Waals surface area contributed by atoms with Crippen LogP contribution in [0.25, 0.3) is 33.7 Å². The first kappa shape index (κ1) is 26.9. The maximum atomic E-state index is 13.1. The number of pyridine rings is 1. The molecule has 1 atom stereocenters. The summed E-state index contributed by atoms with van der Waals surface area (Å²) in [7, 11) is 0. The average molecular weight is 553 g/mol. The van der Waals surface area contributed by atoms with Gasteiger partial charge in [0.15, 0.2) is 11.5 Å². The molecule has 2 N–H and O–H groups in total. The molecule has 10 heteroatoms. The second-order valence-corrected chi connectivity index (χ2v) is 12.2. The SMILES string of the molecule is Cc1c(-c2nc3nccc(-c4ccc5c(c4)CCCCC5NC(=O)c4nc(C(C)(C)C)no4)c3[nH]2)cnn1C(C)C. The quantitative estimate of drug-likeness (QED) is 0.247. The summed E-state index contributed by atoms with van der Waals surface area (Å²) in [5, 5.41) is 11.7. The first-order valence-electron chi connectivity index (χ1n) is 14.3. The van der Waals surface area contributed by atoms with Gasteiger partial charge in [0.25, 0.3) is 0 Å². The Morgan fingerprint density at radius 3 is 2.71 bits per heavy atom. The summed E-state index contributed by atoms with van der Waals surface area (Å²) in [6.45, 7) is 12.3. The number of aromatic nitrogens is 7. The molecule has 0 bridgehead atoms. The number of nitrogens with zero attached hydrogens (tertiary/aromatic N) is 6. The largest absolute Gasteiger partial charge is 0.341 e. The van der Waals surface area contributed by atoms with Crippen molar-refractivity contribution in [1.82, 2.24) is 40.2 Å². The molecule has 5 aromatic rings. The Hall–Kier alpha value is -4.34. The van der Waals surface area contributed by atoms with Crippen LogP contribution in [0.15, 0.2) is 41.2 Å². The molecule has 0 saturated heterocycles. The predicted octanol–water partition coefficient (Wildman–Crippen LogP) is 6.26. The highest BCUT2D eigenvalue weighted by molar-refractivity contribution is 5.92. The molecule has 1 unspecified atom stereocenters. The van der Waals surface area contributed by atoms with Crippen LogP contribution in [0.3, 0.4) is 0 Å². The molecular formula is C31H36N8O2. The molecule has 0 spiro atoms. The van der Waals surface area contributed by atoms with Gasteiger partial charge >= 0.3 is 11.8 Å². The average Bonchev–Trinajstić information content (AvgIpc) is 3.65. The molecule has 1 amide bonds. The number of amides is 1. The van der Waals surface area contributed by atoms with Gasteiger partial charge in [0.05, 0.1) is 23.3 Å². The molecule has 4 aromatic heterocycles. The molecule has 1 aromatic carbocycles. The van der Waals surface area contributed by atoms with Gasteiger partial charge in [-0.05, 0) is 62.8 Å². The Morgan fingerprint density at radius 2 is 1.98 bits per heavy atom. The fourth-order valence-electron chi connectivity index (χ4n) is 5.60. The number of benzene rings is 1. The molecule has 0 fully saturated rings. The summed E-state index contributed by atoms with van der Waals surface area (Å²) >= 11 is 0. The summed E-state index contributed by atoms with van der Waals surface area (Å²) < 4.78 is 7.29. The molecule has 0 saturated carbocycles. The van der Waals surface area contributed by atoms with Crippen molar-refractivity contribution >= 4 is 17.1 Å². The summed E-state index contributed by atoms with van der Waals surface area (Å²) in [5.74, 6) is 0.938. The summed E-state index contributed by atoms with van der Waals surface area (Å²) in [6.07, 6.45) is 7.53. The van der Waals surface area contributed by atoms with E-state index in [2.05, 4.69) is 69.5 Å². The first-order valence-corrected chi connectivity index (χ1v) is 14.3. The maximum absolute atomic E-state index is 13.1. The summed E-state index contributed by atoms with van der Waals surface area (Å²) in [6, 6.07) is 8.65. The number of hydrogen-bond acceptors (Lipinski definition) is 7. The highest BCUT2D eigenvalue weighted by atomic mass is 16.5. The molecule has 1 aliphatic carbocycles. The number of carbonyl (C=O) groups is 1. The van der Waals surface area contributed by atoms with Gasteiger partial charge in [-0.25, -0.2) is 9.97 Å². The number of H-pyrrole nitrogens is 1. The minimum atomic E-state index is -0.341. The second-order valence-electron chi connectivity index (χ2n) is 12.2. The van der Waals surface area contributed by atoms with Crippen LogP contribution in [-0.4, -0.2) is 40.8 Å². The lowest BCUT2D eigenvalue weighted by molar-refractivity contribution is 0.0890. The number of carbonyl (C=O) groups excluding carboxylic acids is 1. The van der Waals surface area contributed by atoms with Gasteiger partial charge in [-0.3, -0.25) is 9.48 Å². The van der Waals surface area contributed by atoms with Gasteiger partial charge in [0.1, 0.15) is 5.82 Å². The van der Waals surface area contributed by atoms with Crippen molar-refractivity contribution in [1.29, 1.82) is 0 Å². The molecule has 4 heterocycles. The lowest BCUT2D eigenvalue weighted by Gasteiger charge is -2.19. The van der Waals surface area contributed by atoms with E-state index in [1.54, 1.807) is 6.20 Å². The molecule has 0 radical (unpaired) electrons. The molecule has 41 heavy (non-hydrogen) atoms. The predicted molar refractivity (Wildman–Crippen MR) is 156 cm³/mol. The van der Waals surface area contributed by atoms with E-state index in [0.29, 0.717) is 11.5 Å². The Kier molecular flexibility index (Phi) is 6.71. The first-order chi connectivity index (χ1) is 19.6. The van der Waals surface area contributed by atoms with Crippen LogP contribution in [0.4, 0.5) is 0 Å². The van der Waals surface area contributed by atoms with Gasteiger partial charge < -0.3 is 14.8 Å². The number of hydrogen-bond donors (Lipinski definition) is 2. The number of fused-ring (bicyclic) bond motifs is 2. The number of nitrogens with one attached hydrogen (secondary N) is 2. The van der Waals surface area contributed by atoms with Gasteiger partial charge in [0.2, 0.25) is 0 Å². The van der Waals surface area contributed by atoms with E-state index in [1.165, 1.54) is 5.56 Å². The van der Waals surface area contributed by atoms with Crippen LogP contribution in [0.1, 0.15) is 99.3 Å². The van der Waals surface area contributed by atoms with Crippen molar-refractivity contribution in [3.63, 3.8) is 0 Å². The summed E-state index contributed by atoms with van der Waals surface area (Å²) in [5.41, 5.74) is 7.78. The normalized spacial score (nSPS) is 15.7. The fraction of sp³-hybridized carbons (Fsp3) is 0.419. The van der Waals surface area contributed by atoms with Crippen LogP contribution in [-0.2, 0) is 11.8 Å². The Morgan fingerprint density at radius 1 is 1.15 bits per heavy atom. The van der Waals surface area contributed by atoms with Gasteiger partial charge in [-0.1, -0.05) is 50.5 Å². The van der Waals surface area contributed by atoms with E-state index in [1.807, 2.05) is 37.7 Å². The third-order valence-electron chi connectivity index (χ3n) is 7.80. The van der Waals surface area contributed by atoms with Crippen molar-refractivity contribution in [2.24, 2.45) is 0 Å². The van der Waals surface area contributed by atoms with Gasteiger partial charge in [0, 0.05) is 28.9 Å². The topological polar surface area (TPSA) is 127 Å². The van der Waals surface area contributed by atoms with E-state index in [-0.39, 0.29) is 29.3 Å². The van der Waals surface area contributed by atoms with Gasteiger partial charge in [-0.2, -0.15) is 10.1 Å². The third-order valence-corrected chi connectivity index (χ3v) is 7.80. The van der Waals surface area contributed by atoms with Crippen LogP contribution in [0.5, 0.6) is 0 Å². The number of aryl methyl sites for hydroxylation is 1. The Labute approximate surface area is 239 Å². The van der Waals surface area contributed by atoms with Crippen molar-refractivity contribution in [2.75, 3.05) is 0 Å². The highest BCUT2D eigenvalue weighted by Crippen LogP contribution is 2.35. The van der Waals surface area contributed by atoms with E-state index >= 15 is 0 Å². The molecule has 10 nitrogen and oxygen atoms in total. The number of imidazole rings is 1. The zero-order chi connectivity index (χ0) is 28.9. The van der Waals surface area contributed by atoms with Crippen LogP contribution in [0.2, 0.25) is 0 Å². The standard InChI is InChI=1S/C31H36N8O2/c1-17(2)39-18(3)23(16-33-39)26-35-25-22(13-14-32-27(25)36-26)20-11-12-21-19(15-20)9-7-8-10-24(21)34-28(40)29-37-30(38-41-29)31(4,5)6/h11-17,24H,7-10H2,1-6H3,(H,34,40)(H,32,35,36). The lowest BCUT2D eigenvalue weighted by Crippen LogP contribution is -2.29. The molecule has 0 aliphatic heterocycles. The molecule has 1 aliphatic rings. The van der Waals surface area contributed by atoms with Crippen molar-refractivity contribution in [3.8, 4) is 22.5 Å². The lowest BCUT2D eigenvalue weighted by atomic mass is 9.94. The number of aromatic amines is 1. The van der Waals surface area contributed by atoms with Crippen molar-refractivity contribution < 1.29 is 9.32 Å². The second kappa shape index (κ2) is 10.2. The Balaban J connectivity index is 1.31. The van der Waals surface area contributed by atoms with Crippen molar-refractivity contribution in [2.45, 2.75) is 84.7 Å². The zero-order valence-corrected chi connectivity index (χ0v) is 24.4. The smallest absolute Gasteiger partial charge is 0.315 e. The van der Waals surface area contributed by atoms with E-state index < -0.39 is 0 Å². The van der Waals surface area contributed by atoms with E-state index in [9.17, 15) is 4.79 Å². The van der Waals surface area contributed by atoms with E-state index in [4.69, 9.17) is 9.51 Å². The van der Waals surface area contributed by atoms with Crippen molar-refractivity contribution in [3.05, 3.63) is 65.2 Å². The molecule has 6 rings (SSSR count). The Bertz CT molecular complexity index is 1740. The molecule has 212 valence electrons. The molecular weight excluding hydrogens is 516 g/mol. The van der Waals surface area contributed by atoms with E-state index in [0.717, 1.165) is 65.0 Å². The van der Waals surface area contributed by atoms with Crippen LogP contribution < -0.4 is 5.32 Å². The minimum absolute atomic E-state index is 0.000688. The zero-order valence-electron chi connectivity index (χ0n) is 24.4. The maximum Gasteiger partial charge on any atom is 0.315 e. The third kappa shape index (κ3) is 5.03. The summed E-state index contributed by atoms with van der Waals surface area (Å²) in [4.78, 5) is 30.3. The minimum Gasteiger partial charge on any atom is -0.341 e. The highest BCUT2D eigenvalue weighted by Gasteiger charge is 2.27. The monoisotopic (exact) mass is 552 g/mol. The fourth-order valence-corrected chi connectivity index (χ4v) is 5.60. The van der Waals surface area contributed by atoms with Gasteiger partial charge in [-0.15, -0.1) is 0 Å².